The van der Waals surface area contributed by atoms with Crippen LogP contribution >= 0.6 is 11.6 Å². The van der Waals surface area contributed by atoms with Crippen LogP contribution in [0.15, 0.2) is 24.3 Å². The van der Waals surface area contributed by atoms with Gasteiger partial charge in [-0.3, -0.25) is 4.79 Å². The number of methoxy groups -OCH3 is 1. The average Bonchev–Trinajstić information content (AvgIpc) is 2.53. The fourth-order valence-corrected chi connectivity index (χ4v) is 3.22. The maximum absolute atomic E-state index is 12.3. The van der Waals surface area contributed by atoms with Gasteiger partial charge in [0, 0.05) is 18.7 Å². The molecule has 1 saturated carbocycles. The van der Waals surface area contributed by atoms with E-state index in [2.05, 4.69) is 10.6 Å². The van der Waals surface area contributed by atoms with Crippen LogP contribution in [-0.4, -0.2) is 32.7 Å². The lowest BCUT2D eigenvalue weighted by Crippen LogP contribution is -2.50. The Morgan fingerprint density at radius 1 is 1.23 bits per heavy atom. The van der Waals surface area contributed by atoms with E-state index in [-0.39, 0.29) is 11.4 Å². The van der Waals surface area contributed by atoms with Crippen LogP contribution in [0.2, 0.25) is 5.02 Å². The minimum Gasteiger partial charge on any atom is -0.383 e. The van der Waals surface area contributed by atoms with Crippen molar-refractivity contribution in [2.75, 3.05) is 26.8 Å². The summed E-state index contributed by atoms with van der Waals surface area (Å²) in [5.74, 6) is 0.0351. The van der Waals surface area contributed by atoms with Gasteiger partial charge in [-0.15, -0.1) is 0 Å². The molecule has 0 atom stereocenters. The summed E-state index contributed by atoms with van der Waals surface area (Å²) in [5, 5.41) is 7.08. The minimum atomic E-state index is -0.247. The van der Waals surface area contributed by atoms with Crippen molar-refractivity contribution < 1.29 is 9.53 Å². The van der Waals surface area contributed by atoms with E-state index in [0.717, 1.165) is 36.3 Å². The highest BCUT2D eigenvalue weighted by Crippen LogP contribution is 2.37. The van der Waals surface area contributed by atoms with Gasteiger partial charge < -0.3 is 15.4 Å². The summed E-state index contributed by atoms with van der Waals surface area (Å²) in [7, 11) is 1.65. The highest BCUT2D eigenvalue weighted by molar-refractivity contribution is 6.30. The van der Waals surface area contributed by atoms with Crippen LogP contribution in [-0.2, 0) is 15.1 Å². The lowest BCUT2D eigenvalue weighted by atomic mass is 9.76. The van der Waals surface area contributed by atoms with E-state index >= 15 is 0 Å². The Hall–Kier alpha value is -1.10. The van der Waals surface area contributed by atoms with Crippen LogP contribution < -0.4 is 10.6 Å². The van der Waals surface area contributed by atoms with E-state index in [1.54, 1.807) is 7.11 Å². The van der Waals surface area contributed by atoms with Crippen molar-refractivity contribution in [2.45, 2.75) is 37.6 Å². The van der Waals surface area contributed by atoms with Gasteiger partial charge in [-0.05, 0) is 30.5 Å². The molecule has 2 rings (SSSR count). The Labute approximate surface area is 137 Å². The number of rotatable bonds is 7. The first-order chi connectivity index (χ1) is 10.7. The fourth-order valence-electron chi connectivity index (χ4n) is 3.10. The van der Waals surface area contributed by atoms with Gasteiger partial charge in [0.1, 0.15) is 0 Å². The number of amides is 1. The molecule has 5 heteroatoms. The number of hydrogen-bond acceptors (Lipinski definition) is 3. The van der Waals surface area contributed by atoms with E-state index in [1.807, 2.05) is 24.3 Å². The van der Waals surface area contributed by atoms with Crippen LogP contribution in [0.4, 0.5) is 0 Å². The number of halogens is 1. The highest BCUT2D eigenvalue weighted by Gasteiger charge is 2.35. The molecule has 22 heavy (non-hydrogen) atoms. The zero-order valence-electron chi connectivity index (χ0n) is 13.2. The Bertz CT molecular complexity index is 470. The highest BCUT2D eigenvalue weighted by atomic mass is 35.5. The molecule has 1 aliphatic carbocycles. The monoisotopic (exact) mass is 324 g/mol. The predicted octanol–water partition coefficient (Wildman–Crippen LogP) is 2.85. The lowest BCUT2D eigenvalue weighted by molar-refractivity contribution is -0.122. The van der Waals surface area contributed by atoms with Crippen LogP contribution in [0.3, 0.4) is 0 Å². The van der Waals surface area contributed by atoms with Crippen molar-refractivity contribution in [3.8, 4) is 0 Å². The second kappa shape index (κ2) is 8.51. The van der Waals surface area contributed by atoms with Gasteiger partial charge in [0.2, 0.25) is 5.91 Å². The number of carbonyl (C=O) groups is 1. The van der Waals surface area contributed by atoms with Crippen molar-refractivity contribution in [1.82, 2.24) is 10.6 Å². The first kappa shape index (κ1) is 17.3. The molecule has 122 valence electrons. The summed E-state index contributed by atoms with van der Waals surface area (Å²) in [6, 6.07) is 7.87. The third-order valence-electron chi connectivity index (χ3n) is 4.25. The smallest absolute Gasteiger partial charge is 0.234 e. The van der Waals surface area contributed by atoms with Crippen LogP contribution in [0.5, 0.6) is 0 Å². The van der Waals surface area contributed by atoms with Gasteiger partial charge in [0.25, 0.3) is 0 Å². The zero-order valence-corrected chi connectivity index (χ0v) is 13.9. The number of hydrogen-bond donors (Lipinski definition) is 2. The van der Waals surface area contributed by atoms with Crippen molar-refractivity contribution in [2.24, 2.45) is 0 Å². The minimum absolute atomic E-state index is 0.0351. The molecule has 4 nitrogen and oxygen atoms in total. The molecule has 1 amide bonds. The summed E-state index contributed by atoms with van der Waals surface area (Å²) in [5.41, 5.74) is 0.907. The van der Waals surface area contributed by atoms with Crippen molar-refractivity contribution in [3.63, 3.8) is 0 Å². The molecule has 0 spiro atoms. The molecule has 0 saturated heterocycles. The summed E-state index contributed by atoms with van der Waals surface area (Å²) in [6.07, 6.45) is 5.48. The number of ether oxygens (including phenoxy) is 1. The molecule has 0 aromatic heterocycles. The molecule has 1 aliphatic rings. The lowest BCUT2D eigenvalue weighted by Gasteiger charge is -2.39. The van der Waals surface area contributed by atoms with Gasteiger partial charge in [0.15, 0.2) is 0 Å². The second-order valence-corrected chi connectivity index (χ2v) is 6.30. The average molecular weight is 325 g/mol. The van der Waals surface area contributed by atoms with Gasteiger partial charge in [-0.25, -0.2) is 0 Å². The summed E-state index contributed by atoms with van der Waals surface area (Å²) < 4.78 is 4.97. The maximum atomic E-state index is 12.3. The number of carbonyl (C=O) groups excluding carboxylic acids is 1. The zero-order chi connectivity index (χ0) is 15.8. The number of benzene rings is 1. The summed E-state index contributed by atoms with van der Waals surface area (Å²) in [6.45, 7) is 1.60. The van der Waals surface area contributed by atoms with Crippen LogP contribution in [0, 0.1) is 0 Å². The first-order valence-electron chi connectivity index (χ1n) is 7.93. The van der Waals surface area contributed by atoms with Crippen molar-refractivity contribution >= 4 is 17.5 Å². The third kappa shape index (κ3) is 4.70. The third-order valence-corrected chi connectivity index (χ3v) is 4.50. The molecule has 2 N–H and O–H groups in total. The Morgan fingerprint density at radius 3 is 2.55 bits per heavy atom. The fraction of sp³-hybridized carbons (Fsp3) is 0.588. The van der Waals surface area contributed by atoms with E-state index in [9.17, 15) is 4.79 Å². The Kier molecular flexibility index (Phi) is 6.68. The largest absolute Gasteiger partial charge is 0.383 e. The molecule has 0 radical (unpaired) electrons. The second-order valence-electron chi connectivity index (χ2n) is 5.87. The Balaban J connectivity index is 2.02. The quantitative estimate of drug-likeness (QED) is 0.758. The van der Waals surface area contributed by atoms with E-state index in [1.165, 1.54) is 6.42 Å². The molecule has 0 heterocycles. The first-order valence-corrected chi connectivity index (χ1v) is 8.31. The maximum Gasteiger partial charge on any atom is 0.234 e. The standard InChI is InChI=1S/C17H25ClN2O2/c1-22-12-11-19-13-16(21)20-17(9-3-2-4-10-17)14-5-7-15(18)8-6-14/h5-8,19H,2-4,9-13H2,1H3,(H,20,21). The van der Waals surface area contributed by atoms with Crippen molar-refractivity contribution in [1.29, 1.82) is 0 Å². The molecule has 0 bridgehead atoms. The van der Waals surface area contributed by atoms with Crippen LogP contribution in [0.25, 0.3) is 0 Å². The summed E-state index contributed by atoms with van der Waals surface area (Å²) in [4.78, 5) is 12.3. The summed E-state index contributed by atoms with van der Waals surface area (Å²) >= 11 is 5.99. The van der Waals surface area contributed by atoms with Gasteiger partial charge >= 0.3 is 0 Å². The van der Waals surface area contributed by atoms with E-state index in [0.29, 0.717) is 19.7 Å². The molecule has 1 aromatic rings. The molecule has 1 fully saturated rings. The van der Waals surface area contributed by atoms with Gasteiger partial charge in [-0.2, -0.15) is 0 Å². The topological polar surface area (TPSA) is 50.4 Å². The molecular formula is C17H25ClN2O2. The van der Waals surface area contributed by atoms with Gasteiger partial charge in [-0.1, -0.05) is 43.0 Å². The molecule has 0 aliphatic heterocycles. The van der Waals surface area contributed by atoms with E-state index in [4.69, 9.17) is 16.3 Å². The molecule has 1 aromatic carbocycles. The van der Waals surface area contributed by atoms with Gasteiger partial charge in [0.05, 0.1) is 18.7 Å². The molecule has 0 unspecified atom stereocenters. The Morgan fingerprint density at radius 2 is 1.91 bits per heavy atom. The predicted molar refractivity (Wildman–Crippen MR) is 89.1 cm³/mol. The van der Waals surface area contributed by atoms with E-state index < -0.39 is 0 Å². The SMILES string of the molecule is COCCNCC(=O)NC1(c2ccc(Cl)cc2)CCCCC1. The van der Waals surface area contributed by atoms with Crippen LogP contribution in [0.1, 0.15) is 37.7 Å². The van der Waals surface area contributed by atoms with Crippen molar-refractivity contribution in [3.05, 3.63) is 34.9 Å². The molecular weight excluding hydrogens is 300 g/mol. The normalized spacial score (nSPS) is 17.2. The number of nitrogens with one attached hydrogen (secondary N) is 2.